The molecule has 2 heteroatoms. The van der Waals surface area contributed by atoms with Gasteiger partial charge in [0.05, 0.1) is 0 Å². The lowest BCUT2D eigenvalue weighted by Gasteiger charge is -2.33. The highest BCUT2D eigenvalue weighted by molar-refractivity contribution is 5.82. The van der Waals surface area contributed by atoms with Gasteiger partial charge in [-0.3, -0.25) is 4.79 Å². The summed E-state index contributed by atoms with van der Waals surface area (Å²) >= 11 is 0. The number of anilines is 1. The quantitative estimate of drug-likeness (QED) is 0.699. The maximum absolute atomic E-state index is 11.5. The van der Waals surface area contributed by atoms with E-state index in [-0.39, 0.29) is 5.54 Å². The van der Waals surface area contributed by atoms with E-state index in [0.29, 0.717) is 12.2 Å². The number of rotatable bonds is 0. The van der Waals surface area contributed by atoms with Crippen molar-refractivity contribution in [2.75, 3.05) is 5.32 Å². The number of hydrogen-bond acceptors (Lipinski definition) is 2. The third-order valence-electron chi connectivity index (χ3n) is 3.59. The van der Waals surface area contributed by atoms with E-state index >= 15 is 0 Å². The maximum Gasteiger partial charge on any atom is 0.135 e. The first-order chi connectivity index (χ1) is 7.27. The zero-order valence-electron chi connectivity index (χ0n) is 8.75. The summed E-state index contributed by atoms with van der Waals surface area (Å²) in [6, 6.07) is 8.40. The van der Waals surface area contributed by atoms with Crippen molar-refractivity contribution in [1.29, 1.82) is 0 Å². The minimum Gasteiger partial charge on any atom is -0.379 e. The van der Waals surface area contributed by atoms with Gasteiger partial charge >= 0.3 is 0 Å². The molecule has 0 radical (unpaired) electrons. The van der Waals surface area contributed by atoms with Crippen LogP contribution >= 0.6 is 0 Å². The number of carbonyl (C=O) groups is 1. The van der Waals surface area contributed by atoms with Crippen molar-refractivity contribution in [2.24, 2.45) is 0 Å². The Bertz CT molecular complexity index is 386. The monoisotopic (exact) mass is 201 g/mol. The number of carbonyl (C=O) groups excluding carboxylic acids is 1. The van der Waals surface area contributed by atoms with E-state index in [9.17, 15) is 4.79 Å². The highest BCUT2D eigenvalue weighted by atomic mass is 16.1. The van der Waals surface area contributed by atoms with Crippen molar-refractivity contribution < 1.29 is 4.79 Å². The van der Waals surface area contributed by atoms with Crippen LogP contribution < -0.4 is 5.32 Å². The molecule has 2 aliphatic rings. The van der Waals surface area contributed by atoms with Gasteiger partial charge in [-0.25, -0.2) is 0 Å². The number of benzene rings is 1. The lowest BCUT2D eigenvalue weighted by atomic mass is 9.79. The molecule has 1 aromatic rings. The predicted molar refractivity (Wildman–Crippen MR) is 60.0 cm³/mol. The van der Waals surface area contributed by atoms with Crippen LogP contribution in [0.2, 0.25) is 0 Å². The Hall–Kier alpha value is -1.31. The van der Waals surface area contributed by atoms with Crippen molar-refractivity contribution in [3.8, 4) is 0 Å². The Labute approximate surface area is 89.7 Å². The fourth-order valence-corrected chi connectivity index (χ4v) is 2.93. The fraction of sp³-hybridized carbons (Fsp3) is 0.462. The minimum absolute atomic E-state index is 0.0546. The molecule has 0 saturated heterocycles. The predicted octanol–water partition coefficient (Wildman–Crippen LogP) is 2.54. The van der Waals surface area contributed by atoms with Gasteiger partial charge in [0.25, 0.3) is 0 Å². The second kappa shape index (κ2) is 3.09. The third kappa shape index (κ3) is 1.44. The number of Topliss-reactive ketones (excluding diaryl/α,β-unsaturated/α-hetero) is 1. The normalized spacial score (nSPS) is 28.9. The number of ketones is 1. The van der Waals surface area contributed by atoms with Gasteiger partial charge in [-0.15, -0.1) is 0 Å². The topological polar surface area (TPSA) is 29.1 Å². The molecule has 0 amide bonds. The number of nitrogens with one attached hydrogen (secondary N) is 1. The van der Waals surface area contributed by atoms with Gasteiger partial charge in [0.2, 0.25) is 0 Å². The molecular formula is C13H15NO. The molecule has 1 aliphatic carbocycles. The summed E-state index contributed by atoms with van der Waals surface area (Å²) in [5, 5.41) is 3.56. The van der Waals surface area contributed by atoms with Crippen LogP contribution in [0.15, 0.2) is 24.3 Å². The van der Waals surface area contributed by atoms with Crippen LogP contribution in [0.1, 0.15) is 31.2 Å². The molecule has 1 unspecified atom stereocenters. The standard InChI is InChI=1S/C13H15NO/c15-11-5-3-7-13(9-11)8-10-4-1-2-6-12(10)14-13/h1-2,4,6,14H,3,5,7-9H2. The molecule has 0 bridgehead atoms. The molecule has 1 atom stereocenters. The SMILES string of the molecule is O=C1CCCC2(C1)Cc1ccccc1N2. The zero-order valence-corrected chi connectivity index (χ0v) is 8.75. The van der Waals surface area contributed by atoms with Crippen molar-refractivity contribution in [1.82, 2.24) is 0 Å². The van der Waals surface area contributed by atoms with Gasteiger partial charge in [0.15, 0.2) is 0 Å². The molecule has 1 heterocycles. The lowest BCUT2D eigenvalue weighted by Crippen LogP contribution is -2.41. The molecule has 1 fully saturated rings. The van der Waals surface area contributed by atoms with Gasteiger partial charge in [-0.1, -0.05) is 18.2 Å². The molecule has 2 nitrogen and oxygen atoms in total. The van der Waals surface area contributed by atoms with E-state index in [4.69, 9.17) is 0 Å². The van der Waals surface area contributed by atoms with E-state index in [1.807, 2.05) is 0 Å². The summed E-state index contributed by atoms with van der Waals surface area (Å²) < 4.78 is 0. The number of para-hydroxylation sites is 1. The van der Waals surface area contributed by atoms with Gasteiger partial charge in [0, 0.05) is 24.1 Å². The van der Waals surface area contributed by atoms with Gasteiger partial charge in [-0.05, 0) is 30.9 Å². The Morgan fingerprint density at radius 2 is 2.07 bits per heavy atom. The first-order valence-electron chi connectivity index (χ1n) is 5.65. The second-order valence-corrected chi connectivity index (χ2v) is 4.81. The molecular weight excluding hydrogens is 186 g/mol. The van der Waals surface area contributed by atoms with Crippen LogP contribution in [0, 0.1) is 0 Å². The number of fused-ring (bicyclic) bond motifs is 1. The second-order valence-electron chi connectivity index (χ2n) is 4.81. The van der Waals surface area contributed by atoms with E-state index < -0.39 is 0 Å². The Balaban J connectivity index is 1.90. The van der Waals surface area contributed by atoms with Crippen molar-refractivity contribution in [3.63, 3.8) is 0 Å². The summed E-state index contributed by atoms with van der Waals surface area (Å²) in [7, 11) is 0. The smallest absolute Gasteiger partial charge is 0.135 e. The highest BCUT2D eigenvalue weighted by Gasteiger charge is 2.40. The van der Waals surface area contributed by atoms with Crippen LogP contribution in [0.3, 0.4) is 0 Å². The highest BCUT2D eigenvalue weighted by Crippen LogP contribution is 2.40. The fourth-order valence-electron chi connectivity index (χ4n) is 2.93. The Morgan fingerprint density at radius 3 is 2.87 bits per heavy atom. The van der Waals surface area contributed by atoms with E-state index in [0.717, 1.165) is 25.7 Å². The summed E-state index contributed by atoms with van der Waals surface area (Å²) in [6.07, 6.45) is 4.68. The maximum atomic E-state index is 11.5. The van der Waals surface area contributed by atoms with Crippen molar-refractivity contribution >= 4 is 11.5 Å². The molecule has 1 spiro atoms. The van der Waals surface area contributed by atoms with Crippen LogP contribution in [-0.4, -0.2) is 11.3 Å². The van der Waals surface area contributed by atoms with E-state index in [1.54, 1.807) is 0 Å². The lowest BCUT2D eigenvalue weighted by molar-refractivity contribution is -0.121. The van der Waals surface area contributed by atoms with Crippen molar-refractivity contribution in [2.45, 2.75) is 37.6 Å². The average Bonchev–Trinajstić information content (AvgIpc) is 2.54. The molecule has 78 valence electrons. The first-order valence-corrected chi connectivity index (χ1v) is 5.65. The summed E-state index contributed by atoms with van der Waals surface area (Å²) in [6.45, 7) is 0. The molecule has 1 aliphatic heterocycles. The van der Waals surface area contributed by atoms with Crippen molar-refractivity contribution in [3.05, 3.63) is 29.8 Å². The molecule has 1 saturated carbocycles. The molecule has 1 aromatic carbocycles. The van der Waals surface area contributed by atoms with E-state index in [2.05, 4.69) is 29.6 Å². The third-order valence-corrected chi connectivity index (χ3v) is 3.59. The minimum atomic E-state index is 0.0546. The van der Waals surface area contributed by atoms with Gasteiger partial charge < -0.3 is 5.32 Å². The number of hydrogen-bond donors (Lipinski definition) is 1. The molecule has 0 aromatic heterocycles. The van der Waals surface area contributed by atoms with Crippen LogP contribution in [0.4, 0.5) is 5.69 Å². The van der Waals surface area contributed by atoms with E-state index in [1.165, 1.54) is 11.3 Å². The average molecular weight is 201 g/mol. The summed E-state index contributed by atoms with van der Waals surface area (Å²) in [5.41, 5.74) is 2.65. The van der Waals surface area contributed by atoms with Crippen LogP contribution in [-0.2, 0) is 11.2 Å². The van der Waals surface area contributed by atoms with Crippen LogP contribution in [0.5, 0.6) is 0 Å². The van der Waals surface area contributed by atoms with Crippen LogP contribution in [0.25, 0.3) is 0 Å². The summed E-state index contributed by atoms with van der Waals surface area (Å²) in [5.74, 6) is 0.418. The molecule has 3 rings (SSSR count). The zero-order chi connectivity index (χ0) is 10.3. The molecule has 15 heavy (non-hydrogen) atoms. The summed E-state index contributed by atoms with van der Waals surface area (Å²) in [4.78, 5) is 11.5. The largest absolute Gasteiger partial charge is 0.379 e. The van der Waals surface area contributed by atoms with Gasteiger partial charge in [-0.2, -0.15) is 0 Å². The van der Waals surface area contributed by atoms with Gasteiger partial charge in [0.1, 0.15) is 5.78 Å². The molecule has 1 N–H and O–H groups in total. The first kappa shape index (κ1) is 8.96. The Kier molecular flexibility index (Phi) is 1.84. The Morgan fingerprint density at radius 1 is 1.20 bits per heavy atom.